The lowest BCUT2D eigenvalue weighted by molar-refractivity contribution is -0.148. The van der Waals surface area contributed by atoms with Crippen LogP contribution in [-0.4, -0.2) is 51.9 Å². The van der Waals surface area contributed by atoms with Gasteiger partial charge in [0.05, 0.1) is 18.6 Å². The van der Waals surface area contributed by atoms with Crippen LogP contribution in [0.15, 0.2) is 47.4 Å². The van der Waals surface area contributed by atoms with Crippen molar-refractivity contribution in [2.24, 2.45) is 5.14 Å². The number of hydrogen-bond donors (Lipinski definition) is 1. The largest absolute Gasteiger partial charge is 0.468 e. The molecule has 1 atom stereocenters. The van der Waals surface area contributed by atoms with Gasteiger partial charge in [-0.25, -0.2) is 18.4 Å². The minimum Gasteiger partial charge on any atom is -0.468 e. The average Bonchev–Trinajstić information content (AvgIpc) is 3.16. The fraction of sp³-hybridized carbons (Fsp3) is 0.333. The number of sulfonamides is 1. The number of methoxy groups -OCH3 is 1. The first-order valence-electron chi connectivity index (χ1n) is 9.65. The molecule has 2 aromatic carbocycles. The van der Waals surface area contributed by atoms with E-state index >= 15 is 0 Å². The number of rotatable bonds is 4. The summed E-state index contributed by atoms with van der Waals surface area (Å²) in [7, 11) is -2.45. The van der Waals surface area contributed by atoms with Crippen molar-refractivity contribution in [3.63, 3.8) is 0 Å². The third kappa shape index (κ3) is 3.71. The molecule has 30 heavy (non-hydrogen) atoms. The van der Waals surface area contributed by atoms with Gasteiger partial charge in [0.15, 0.2) is 0 Å². The van der Waals surface area contributed by atoms with E-state index in [1.165, 1.54) is 19.2 Å². The molecule has 1 amide bonds. The Labute approximate surface area is 175 Å². The Morgan fingerprint density at radius 3 is 2.57 bits per heavy atom. The highest BCUT2D eigenvalue weighted by molar-refractivity contribution is 7.89. The molecule has 2 aromatic rings. The lowest BCUT2D eigenvalue weighted by Crippen LogP contribution is -2.46. The molecule has 0 unspecified atom stereocenters. The molecule has 2 aliphatic heterocycles. The van der Waals surface area contributed by atoms with E-state index in [0.29, 0.717) is 25.2 Å². The number of carbonyl (C=O) groups is 2. The van der Waals surface area contributed by atoms with Crippen molar-refractivity contribution in [3.05, 3.63) is 59.2 Å². The maximum absolute atomic E-state index is 13.1. The zero-order chi connectivity index (χ0) is 21.5. The van der Waals surface area contributed by atoms with Crippen molar-refractivity contribution in [2.45, 2.75) is 23.8 Å². The molecule has 2 heterocycles. The van der Waals surface area contributed by atoms with Crippen molar-refractivity contribution < 1.29 is 22.7 Å². The molecule has 0 bridgehead atoms. The number of nitrogens with two attached hydrogens (primary N) is 1. The zero-order valence-electron chi connectivity index (χ0n) is 16.6. The number of anilines is 1. The Hall–Kier alpha value is -2.75. The molecule has 0 aromatic heterocycles. The lowest BCUT2D eigenvalue weighted by Gasteiger charge is -2.35. The summed E-state index contributed by atoms with van der Waals surface area (Å²) < 4.78 is 28.2. The predicted molar refractivity (Wildman–Crippen MR) is 110 cm³/mol. The molecule has 0 radical (unpaired) electrons. The lowest BCUT2D eigenvalue weighted by atomic mass is 9.92. The van der Waals surface area contributed by atoms with E-state index in [9.17, 15) is 18.0 Å². The first-order chi connectivity index (χ1) is 14.3. The van der Waals surface area contributed by atoms with Crippen LogP contribution in [0, 0.1) is 0 Å². The first-order valence-corrected chi connectivity index (χ1v) is 11.2. The molecular formula is C21H23N3O5S. The average molecular weight is 429 g/mol. The van der Waals surface area contributed by atoms with Crippen LogP contribution in [0.4, 0.5) is 5.69 Å². The van der Waals surface area contributed by atoms with E-state index in [2.05, 4.69) is 0 Å². The van der Waals surface area contributed by atoms with Crippen LogP contribution in [-0.2, 0) is 37.2 Å². The van der Waals surface area contributed by atoms with Gasteiger partial charge in [0.25, 0.3) is 0 Å². The van der Waals surface area contributed by atoms with Crippen molar-refractivity contribution >= 4 is 27.6 Å². The summed E-state index contributed by atoms with van der Waals surface area (Å²) in [4.78, 5) is 29.1. The highest BCUT2D eigenvalue weighted by Crippen LogP contribution is 2.33. The van der Waals surface area contributed by atoms with Crippen molar-refractivity contribution in [1.82, 2.24) is 4.90 Å². The summed E-state index contributed by atoms with van der Waals surface area (Å²) in [5, 5.41) is 5.21. The Morgan fingerprint density at radius 1 is 1.10 bits per heavy atom. The fourth-order valence-corrected chi connectivity index (χ4v) is 4.81. The normalized spacial score (nSPS) is 18.6. The first kappa shape index (κ1) is 20.5. The maximum atomic E-state index is 13.1. The van der Waals surface area contributed by atoms with Crippen LogP contribution in [0.3, 0.4) is 0 Å². The third-order valence-corrected chi connectivity index (χ3v) is 6.63. The van der Waals surface area contributed by atoms with Gasteiger partial charge in [-0.2, -0.15) is 0 Å². The fourth-order valence-electron chi connectivity index (χ4n) is 4.25. The second kappa shape index (κ2) is 7.82. The number of nitrogens with zero attached hydrogens (tertiary/aromatic N) is 2. The van der Waals surface area contributed by atoms with E-state index in [1.54, 1.807) is 11.0 Å². The number of primary sulfonamides is 1. The molecule has 0 aliphatic carbocycles. The van der Waals surface area contributed by atoms with Crippen molar-refractivity contribution in [1.29, 1.82) is 0 Å². The predicted octanol–water partition coefficient (Wildman–Crippen LogP) is 0.996. The van der Waals surface area contributed by atoms with E-state index in [-0.39, 0.29) is 17.3 Å². The number of benzene rings is 2. The van der Waals surface area contributed by atoms with Crippen LogP contribution in [0.1, 0.15) is 22.7 Å². The van der Waals surface area contributed by atoms with E-state index in [1.807, 2.05) is 29.2 Å². The summed E-state index contributed by atoms with van der Waals surface area (Å²) in [6.07, 6.45) is 1.29. The smallest absolute Gasteiger partial charge is 0.327 e. The molecule has 0 saturated heterocycles. The molecule has 9 heteroatoms. The van der Waals surface area contributed by atoms with Crippen molar-refractivity contribution in [3.8, 4) is 0 Å². The monoisotopic (exact) mass is 429 g/mol. The second-order valence-corrected chi connectivity index (χ2v) is 9.04. The summed E-state index contributed by atoms with van der Waals surface area (Å²) in [5.41, 5.74) is 3.39. The molecule has 0 fully saturated rings. The Morgan fingerprint density at radius 2 is 1.83 bits per heavy atom. The molecule has 158 valence electrons. The molecule has 4 rings (SSSR count). The summed E-state index contributed by atoms with van der Waals surface area (Å²) >= 11 is 0. The van der Waals surface area contributed by atoms with E-state index in [4.69, 9.17) is 9.88 Å². The number of fused-ring (bicyclic) bond motifs is 2. The van der Waals surface area contributed by atoms with Gasteiger partial charge < -0.3 is 9.64 Å². The number of amides is 1. The summed E-state index contributed by atoms with van der Waals surface area (Å²) in [6, 6.07) is 11.6. The molecular weight excluding hydrogens is 406 g/mol. The van der Waals surface area contributed by atoms with Gasteiger partial charge in [0, 0.05) is 18.8 Å². The molecule has 0 saturated carbocycles. The maximum Gasteiger partial charge on any atom is 0.327 e. The van der Waals surface area contributed by atoms with Crippen LogP contribution in [0.2, 0.25) is 0 Å². The third-order valence-electron chi connectivity index (χ3n) is 5.72. The zero-order valence-corrected chi connectivity index (χ0v) is 17.4. The minimum absolute atomic E-state index is 0.0361. The molecule has 0 spiro atoms. The van der Waals surface area contributed by atoms with Gasteiger partial charge in [-0.15, -0.1) is 0 Å². The quantitative estimate of drug-likeness (QED) is 0.726. The minimum atomic E-state index is -3.80. The SMILES string of the molecule is COC(=O)[C@@H]1c2ccccc2CCN1CC(=O)N1CCc2cc(S(N)(=O)=O)ccc21. The number of hydrogen-bond acceptors (Lipinski definition) is 6. The highest BCUT2D eigenvalue weighted by Gasteiger charge is 2.36. The highest BCUT2D eigenvalue weighted by atomic mass is 32.2. The molecule has 2 N–H and O–H groups in total. The van der Waals surface area contributed by atoms with Gasteiger partial charge in [-0.3, -0.25) is 9.69 Å². The van der Waals surface area contributed by atoms with Crippen LogP contribution in [0.25, 0.3) is 0 Å². The number of esters is 1. The van der Waals surface area contributed by atoms with Crippen LogP contribution in [0.5, 0.6) is 0 Å². The summed E-state index contributed by atoms with van der Waals surface area (Å²) in [6.45, 7) is 1.08. The van der Waals surface area contributed by atoms with Gasteiger partial charge >= 0.3 is 5.97 Å². The second-order valence-electron chi connectivity index (χ2n) is 7.48. The standard InChI is InChI=1S/C21H23N3O5S/c1-29-21(26)20-17-5-3-2-4-14(17)8-10-23(20)13-19(25)24-11-9-15-12-16(30(22,27)28)6-7-18(15)24/h2-7,12,20H,8-11,13H2,1H3,(H2,22,27,28)/t20-/m0/s1. The van der Waals surface area contributed by atoms with E-state index in [0.717, 1.165) is 23.1 Å². The van der Waals surface area contributed by atoms with Crippen LogP contribution >= 0.6 is 0 Å². The van der Waals surface area contributed by atoms with Gasteiger partial charge in [-0.05, 0) is 47.7 Å². The number of ether oxygens (including phenoxy) is 1. The van der Waals surface area contributed by atoms with Crippen molar-refractivity contribution in [2.75, 3.05) is 31.6 Å². The Kier molecular flexibility index (Phi) is 5.35. The van der Waals surface area contributed by atoms with Crippen LogP contribution < -0.4 is 10.0 Å². The number of carbonyl (C=O) groups excluding carboxylic acids is 2. The Bertz CT molecular complexity index is 1120. The summed E-state index contributed by atoms with van der Waals surface area (Å²) in [5.74, 6) is -0.542. The molecule has 8 nitrogen and oxygen atoms in total. The van der Waals surface area contributed by atoms with Gasteiger partial charge in [0.2, 0.25) is 15.9 Å². The van der Waals surface area contributed by atoms with Gasteiger partial charge in [-0.1, -0.05) is 24.3 Å². The molecule has 2 aliphatic rings. The topological polar surface area (TPSA) is 110 Å². The van der Waals surface area contributed by atoms with Gasteiger partial charge in [0.1, 0.15) is 6.04 Å². The Balaban J connectivity index is 1.57. The van der Waals surface area contributed by atoms with E-state index < -0.39 is 22.0 Å².